The number of rotatable bonds is 5. The van der Waals surface area contributed by atoms with Gasteiger partial charge in [0.05, 0.1) is 0 Å². The summed E-state index contributed by atoms with van der Waals surface area (Å²) >= 11 is 0. The average molecular weight is 307 g/mol. The van der Waals surface area contributed by atoms with E-state index in [-0.39, 0.29) is 0 Å². The Morgan fingerprint density at radius 3 is 2.39 bits per heavy atom. The first kappa shape index (κ1) is 15.9. The molecule has 2 heteroatoms. The Labute approximate surface area is 140 Å². The maximum atomic E-state index is 5.21. The fourth-order valence-corrected chi connectivity index (χ4v) is 3.47. The molecule has 2 aliphatic heterocycles. The van der Waals surface area contributed by atoms with Gasteiger partial charge < -0.3 is 0 Å². The molecule has 2 heterocycles. The van der Waals surface area contributed by atoms with Gasteiger partial charge in [0, 0.05) is 23.1 Å². The van der Waals surface area contributed by atoms with Gasteiger partial charge in [-0.2, -0.15) is 0 Å². The Morgan fingerprint density at radius 1 is 1.00 bits per heavy atom. The van der Waals surface area contributed by atoms with E-state index in [1.54, 1.807) is 0 Å². The van der Waals surface area contributed by atoms with Crippen LogP contribution in [0.4, 0.5) is 0 Å². The molecule has 0 aromatic heterocycles. The first-order chi connectivity index (χ1) is 11.0. The van der Waals surface area contributed by atoms with Gasteiger partial charge in [0.2, 0.25) is 0 Å². The maximum absolute atomic E-state index is 5.21. The van der Waals surface area contributed by atoms with Crippen molar-refractivity contribution in [2.45, 2.75) is 40.7 Å². The van der Waals surface area contributed by atoms with Crippen molar-refractivity contribution in [1.29, 1.82) is 0 Å². The van der Waals surface area contributed by atoms with Crippen LogP contribution < -0.4 is 0 Å². The second-order valence-electron chi connectivity index (χ2n) is 7.27. The summed E-state index contributed by atoms with van der Waals surface area (Å²) in [5.74, 6) is 1.09. The van der Waals surface area contributed by atoms with E-state index in [1.807, 2.05) is 0 Å². The van der Waals surface area contributed by atoms with Gasteiger partial charge in [0.25, 0.3) is 0 Å². The Balaban J connectivity index is 2.08. The highest BCUT2D eigenvalue weighted by atomic mass is 15.6. The Bertz CT molecular complexity index is 690. The molecule has 0 N–H and O–H groups in total. The molecule has 1 atom stereocenters. The molecule has 0 bridgehead atoms. The second kappa shape index (κ2) is 6.29. The Kier molecular flexibility index (Phi) is 4.36. The predicted octanol–water partition coefficient (Wildman–Crippen LogP) is 5.41. The first-order valence-corrected chi connectivity index (χ1v) is 8.63. The van der Waals surface area contributed by atoms with Crippen molar-refractivity contribution in [2.24, 2.45) is 16.9 Å². The molecule has 0 fully saturated rings. The summed E-state index contributed by atoms with van der Waals surface area (Å²) in [6.07, 6.45) is 9.87. The molecule has 0 aliphatic carbocycles. The summed E-state index contributed by atoms with van der Waals surface area (Å²) in [5, 5.41) is 5.21. The van der Waals surface area contributed by atoms with Crippen LogP contribution in [0.15, 0.2) is 71.1 Å². The third kappa shape index (κ3) is 3.09. The minimum Gasteiger partial charge on any atom is -0.135 e. The predicted molar refractivity (Wildman–Crippen MR) is 97.4 cm³/mol. The highest BCUT2D eigenvalue weighted by Crippen LogP contribution is 2.40. The van der Waals surface area contributed by atoms with Crippen LogP contribution in [0, 0.1) is 11.8 Å². The summed E-state index contributed by atoms with van der Waals surface area (Å²) in [4.78, 5) is 0. The normalized spacial score (nSPS) is 23.0. The van der Waals surface area contributed by atoms with Crippen LogP contribution in [0.3, 0.4) is 0 Å². The first-order valence-electron chi connectivity index (χ1n) is 8.63. The van der Waals surface area contributed by atoms with Crippen LogP contribution in [0.5, 0.6) is 0 Å². The Morgan fingerprint density at radius 2 is 1.74 bits per heavy atom. The monoisotopic (exact) mass is 307 g/mol. The smallest absolute Gasteiger partial charge is 0.135 e. The number of quaternary nitrogens is 1. The van der Waals surface area contributed by atoms with Gasteiger partial charge in [-0.25, -0.2) is 0 Å². The second-order valence-corrected chi connectivity index (χ2v) is 7.27. The fraction of sp³-hybridized carbons (Fsp3) is 0.381. The summed E-state index contributed by atoms with van der Waals surface area (Å²) < 4.78 is 0.593. The van der Waals surface area contributed by atoms with Crippen molar-refractivity contribution in [3.05, 3.63) is 71.6 Å². The molecule has 2 nitrogen and oxygen atoms in total. The zero-order valence-corrected chi connectivity index (χ0v) is 14.7. The molecule has 0 radical (unpaired) electrons. The van der Waals surface area contributed by atoms with E-state index in [4.69, 9.17) is 5.10 Å². The lowest BCUT2D eigenvalue weighted by molar-refractivity contribution is -0.857. The molecule has 1 unspecified atom stereocenters. The zero-order chi connectivity index (χ0) is 16.4. The van der Waals surface area contributed by atoms with Crippen molar-refractivity contribution in [3.8, 4) is 0 Å². The van der Waals surface area contributed by atoms with Crippen LogP contribution >= 0.6 is 0 Å². The molecule has 120 valence electrons. The highest BCUT2D eigenvalue weighted by molar-refractivity contribution is 6.03. The number of benzene rings is 1. The largest absolute Gasteiger partial charge is 0.169 e. The number of hydrogen-bond acceptors (Lipinski definition) is 1. The molecular weight excluding hydrogens is 280 g/mol. The summed E-state index contributed by atoms with van der Waals surface area (Å²) in [5.41, 5.74) is 5.41. The lowest BCUT2D eigenvalue weighted by atomic mass is 9.91. The van der Waals surface area contributed by atoms with E-state index >= 15 is 0 Å². The fourth-order valence-electron chi connectivity index (χ4n) is 3.47. The minimum atomic E-state index is 0.453. The molecule has 1 aromatic rings. The minimum absolute atomic E-state index is 0.453. The average Bonchev–Trinajstić information content (AvgIpc) is 2.82. The molecular formula is C21H27N2+. The van der Waals surface area contributed by atoms with E-state index in [0.29, 0.717) is 16.4 Å². The van der Waals surface area contributed by atoms with E-state index in [0.717, 1.165) is 13.0 Å². The van der Waals surface area contributed by atoms with Gasteiger partial charge in [0.15, 0.2) is 5.70 Å². The molecule has 3 rings (SSSR count). The molecule has 23 heavy (non-hydrogen) atoms. The number of fused-ring (bicyclic) bond motifs is 1. The van der Waals surface area contributed by atoms with Crippen molar-refractivity contribution in [3.63, 3.8) is 0 Å². The van der Waals surface area contributed by atoms with Crippen LogP contribution in [0.2, 0.25) is 0 Å². The zero-order valence-electron chi connectivity index (χ0n) is 14.7. The Hall–Kier alpha value is -1.93. The summed E-state index contributed by atoms with van der Waals surface area (Å²) in [6, 6.07) is 10.7. The van der Waals surface area contributed by atoms with Gasteiger partial charge in [-0.3, -0.25) is 0 Å². The lowest BCUT2D eigenvalue weighted by Gasteiger charge is -2.27. The van der Waals surface area contributed by atoms with Crippen molar-refractivity contribution in [1.82, 2.24) is 0 Å². The number of nitrogens with zero attached hydrogens (tertiary/aromatic N) is 2. The summed E-state index contributed by atoms with van der Waals surface area (Å²) in [7, 11) is 0. The van der Waals surface area contributed by atoms with Crippen LogP contribution in [-0.2, 0) is 6.54 Å². The van der Waals surface area contributed by atoms with E-state index in [9.17, 15) is 0 Å². The topological polar surface area (TPSA) is 12.4 Å². The standard InChI is InChI=1S/C21H27N2/c1-16(2)14-19-20-12-8-9-13-23(20,22-21(19)17(3)4)15-18-10-6-5-7-11-18/h5-13,16-17H,14-15H2,1-4H3/q+1. The quantitative estimate of drug-likeness (QED) is 0.645. The molecule has 0 saturated carbocycles. The molecule has 0 spiro atoms. The van der Waals surface area contributed by atoms with Crippen LogP contribution in [0.1, 0.15) is 39.7 Å². The van der Waals surface area contributed by atoms with Gasteiger partial charge in [-0.1, -0.05) is 69.2 Å². The molecule has 0 amide bonds. The third-order valence-corrected chi connectivity index (χ3v) is 4.45. The molecule has 2 aliphatic rings. The van der Waals surface area contributed by atoms with Crippen LogP contribution in [-0.4, -0.2) is 10.3 Å². The van der Waals surface area contributed by atoms with E-state index in [1.165, 1.54) is 22.5 Å². The highest BCUT2D eigenvalue weighted by Gasteiger charge is 2.42. The summed E-state index contributed by atoms with van der Waals surface area (Å²) in [6.45, 7) is 9.97. The van der Waals surface area contributed by atoms with Gasteiger partial charge >= 0.3 is 0 Å². The van der Waals surface area contributed by atoms with Crippen molar-refractivity contribution >= 4 is 5.71 Å². The number of allylic oxidation sites excluding steroid dienone is 4. The van der Waals surface area contributed by atoms with Crippen LogP contribution in [0.25, 0.3) is 0 Å². The van der Waals surface area contributed by atoms with Gasteiger partial charge in [0.1, 0.15) is 18.5 Å². The van der Waals surface area contributed by atoms with E-state index < -0.39 is 0 Å². The van der Waals surface area contributed by atoms with Crippen molar-refractivity contribution in [2.75, 3.05) is 0 Å². The van der Waals surface area contributed by atoms with Crippen molar-refractivity contribution < 1.29 is 4.59 Å². The SMILES string of the molecule is CC(C)CC1=C2C=CC=C[N+]2(Cc2ccccc2)N=C1C(C)C. The third-order valence-electron chi connectivity index (χ3n) is 4.45. The van der Waals surface area contributed by atoms with Gasteiger partial charge in [-0.15, -0.1) is 4.59 Å². The molecule has 1 aromatic carbocycles. The van der Waals surface area contributed by atoms with Gasteiger partial charge in [-0.05, 0) is 18.4 Å². The molecule has 0 saturated heterocycles. The number of hydrogen-bond donors (Lipinski definition) is 0. The lowest BCUT2D eigenvalue weighted by Crippen LogP contribution is -2.34. The maximum Gasteiger partial charge on any atom is 0.169 e. The van der Waals surface area contributed by atoms with E-state index in [2.05, 4.69) is 82.5 Å².